The topological polar surface area (TPSA) is 61.7 Å². The molecule has 0 aliphatic heterocycles. The lowest BCUT2D eigenvalue weighted by Gasteiger charge is -2.15. The number of hydrogen-bond donors (Lipinski definition) is 2. The van der Waals surface area contributed by atoms with Crippen LogP contribution in [0.1, 0.15) is 5.69 Å². The summed E-state index contributed by atoms with van der Waals surface area (Å²) in [6.45, 7) is 0. The fourth-order valence-electron chi connectivity index (χ4n) is 2.92. The molecule has 0 saturated heterocycles. The maximum Gasteiger partial charge on any atom is 0.158 e. The largest absolute Gasteiger partial charge is 0.338 e. The Hall–Kier alpha value is -3.21. The Kier molecular flexibility index (Phi) is 5.56. The van der Waals surface area contributed by atoms with Gasteiger partial charge in [0.25, 0.3) is 0 Å². The maximum atomic E-state index is 7.84. The lowest BCUT2D eigenvalue weighted by molar-refractivity contribution is 1.19. The summed E-state index contributed by atoms with van der Waals surface area (Å²) in [5.74, 6) is 0.508. The van der Waals surface area contributed by atoms with Gasteiger partial charge in [-0.05, 0) is 36.4 Å². The van der Waals surface area contributed by atoms with Gasteiger partial charge in [0, 0.05) is 33.1 Å². The Balaban J connectivity index is 1.90. The van der Waals surface area contributed by atoms with Gasteiger partial charge in [0.15, 0.2) is 5.82 Å². The van der Waals surface area contributed by atoms with Crippen LogP contribution in [-0.2, 0) is 0 Å². The van der Waals surface area contributed by atoms with Crippen LogP contribution in [0.5, 0.6) is 0 Å². The Labute approximate surface area is 178 Å². The lowest BCUT2D eigenvalue weighted by Crippen LogP contribution is -2.05. The Morgan fingerprint density at radius 3 is 1.72 bits per heavy atom. The predicted octanol–water partition coefficient (Wildman–Crippen LogP) is 6.86. The van der Waals surface area contributed by atoms with E-state index in [1.807, 2.05) is 78.9 Å². The van der Waals surface area contributed by atoms with E-state index in [0.717, 1.165) is 16.8 Å². The molecule has 1 heterocycles. The van der Waals surface area contributed by atoms with E-state index in [-0.39, 0.29) is 0 Å². The molecule has 0 spiro atoms. The van der Waals surface area contributed by atoms with Crippen LogP contribution in [0, 0.1) is 5.41 Å². The van der Waals surface area contributed by atoms with Gasteiger partial charge in [0.2, 0.25) is 0 Å². The fraction of sp³-hybridized carbons (Fsp3) is 0. The molecule has 0 radical (unpaired) electrons. The summed E-state index contributed by atoms with van der Waals surface area (Å²) >= 11 is 12.1. The lowest BCUT2D eigenvalue weighted by atomic mass is 10.0. The van der Waals surface area contributed by atoms with Crippen molar-refractivity contribution >= 4 is 40.9 Å². The van der Waals surface area contributed by atoms with Crippen LogP contribution in [0.2, 0.25) is 10.0 Å². The van der Waals surface area contributed by atoms with Gasteiger partial charge in [-0.15, -0.1) is 0 Å². The van der Waals surface area contributed by atoms with Crippen molar-refractivity contribution in [2.45, 2.75) is 0 Å². The van der Waals surface area contributed by atoms with Crippen LogP contribution >= 0.6 is 23.2 Å². The van der Waals surface area contributed by atoms with Crippen molar-refractivity contribution < 1.29 is 0 Å². The zero-order valence-corrected chi connectivity index (χ0v) is 16.7. The molecule has 0 unspecified atom stereocenters. The highest BCUT2D eigenvalue weighted by Gasteiger charge is 2.16. The molecular weight excluding hydrogens is 403 g/mol. The first-order chi connectivity index (χ1) is 14.1. The second-order valence-electron chi connectivity index (χ2n) is 6.30. The molecule has 0 atom stereocenters. The number of rotatable bonds is 5. The summed E-state index contributed by atoms with van der Waals surface area (Å²) in [5, 5.41) is 12.4. The Bertz CT molecular complexity index is 1140. The van der Waals surface area contributed by atoms with Gasteiger partial charge >= 0.3 is 0 Å². The number of halogens is 2. The van der Waals surface area contributed by atoms with Gasteiger partial charge in [0.1, 0.15) is 5.69 Å². The van der Waals surface area contributed by atoms with Crippen molar-refractivity contribution in [2.75, 3.05) is 5.32 Å². The maximum absolute atomic E-state index is 7.84. The summed E-state index contributed by atoms with van der Waals surface area (Å²) in [4.78, 5) is 9.58. The minimum atomic E-state index is 0.441. The van der Waals surface area contributed by atoms with Crippen LogP contribution in [0.15, 0.2) is 78.9 Å². The van der Waals surface area contributed by atoms with Gasteiger partial charge < -0.3 is 10.7 Å². The molecular formula is C23H16Cl2N4. The minimum absolute atomic E-state index is 0.441. The molecule has 0 aliphatic rings. The summed E-state index contributed by atoms with van der Waals surface area (Å²) in [5.41, 5.74) is 4.40. The number of benzene rings is 3. The summed E-state index contributed by atoms with van der Waals surface area (Å²) < 4.78 is 0. The first-order valence-corrected chi connectivity index (χ1v) is 9.66. The third kappa shape index (κ3) is 4.29. The van der Waals surface area contributed by atoms with Gasteiger partial charge in [-0.2, -0.15) is 0 Å². The second kappa shape index (κ2) is 8.43. The standard InChI is InChI=1S/C23H16Cl2N4/c24-17-10-6-15(7-11-17)21-22(16-8-12-18(25)13-9-16)29-23(20(14-26)28-21)27-19-4-2-1-3-5-19/h1-14,26H,(H,27,29). The predicted molar refractivity (Wildman–Crippen MR) is 121 cm³/mol. The number of aromatic nitrogens is 2. The molecule has 0 bridgehead atoms. The third-order valence-corrected chi connectivity index (χ3v) is 4.84. The molecule has 2 N–H and O–H groups in total. The average molecular weight is 419 g/mol. The van der Waals surface area contributed by atoms with Crippen molar-refractivity contribution in [3.05, 3.63) is 94.6 Å². The van der Waals surface area contributed by atoms with Crippen LogP contribution in [0.25, 0.3) is 22.5 Å². The average Bonchev–Trinajstić information content (AvgIpc) is 2.75. The zero-order chi connectivity index (χ0) is 20.2. The van der Waals surface area contributed by atoms with Gasteiger partial charge in [-0.3, -0.25) is 0 Å². The van der Waals surface area contributed by atoms with Gasteiger partial charge in [-0.1, -0.05) is 65.7 Å². The molecule has 142 valence electrons. The first kappa shape index (κ1) is 19.1. The van der Waals surface area contributed by atoms with E-state index < -0.39 is 0 Å². The van der Waals surface area contributed by atoms with E-state index in [1.54, 1.807) is 0 Å². The van der Waals surface area contributed by atoms with E-state index in [9.17, 15) is 0 Å². The molecule has 4 aromatic rings. The highest BCUT2D eigenvalue weighted by molar-refractivity contribution is 6.31. The van der Waals surface area contributed by atoms with Crippen LogP contribution in [0.4, 0.5) is 11.5 Å². The van der Waals surface area contributed by atoms with Crippen molar-refractivity contribution in [3.63, 3.8) is 0 Å². The SMILES string of the molecule is N=Cc1nc(-c2ccc(Cl)cc2)c(-c2ccc(Cl)cc2)nc1Nc1ccccc1. The van der Waals surface area contributed by atoms with Gasteiger partial charge in [0.05, 0.1) is 11.4 Å². The molecule has 4 nitrogen and oxygen atoms in total. The van der Waals surface area contributed by atoms with E-state index in [0.29, 0.717) is 32.9 Å². The summed E-state index contributed by atoms with van der Waals surface area (Å²) in [7, 11) is 0. The van der Waals surface area contributed by atoms with E-state index in [4.69, 9.17) is 38.6 Å². The minimum Gasteiger partial charge on any atom is -0.338 e. The van der Waals surface area contributed by atoms with E-state index >= 15 is 0 Å². The zero-order valence-electron chi connectivity index (χ0n) is 15.2. The molecule has 0 aliphatic carbocycles. The van der Waals surface area contributed by atoms with Crippen LogP contribution in [0.3, 0.4) is 0 Å². The van der Waals surface area contributed by atoms with Crippen molar-refractivity contribution in [1.29, 1.82) is 5.41 Å². The van der Waals surface area contributed by atoms with E-state index in [2.05, 4.69) is 5.32 Å². The number of nitrogens with zero attached hydrogens (tertiary/aromatic N) is 2. The molecule has 6 heteroatoms. The molecule has 3 aromatic carbocycles. The monoisotopic (exact) mass is 418 g/mol. The number of nitrogens with one attached hydrogen (secondary N) is 2. The van der Waals surface area contributed by atoms with Gasteiger partial charge in [-0.25, -0.2) is 9.97 Å². The molecule has 0 saturated carbocycles. The number of anilines is 2. The molecule has 1 aromatic heterocycles. The van der Waals surface area contributed by atoms with Crippen molar-refractivity contribution in [3.8, 4) is 22.5 Å². The van der Waals surface area contributed by atoms with Crippen molar-refractivity contribution in [2.24, 2.45) is 0 Å². The second-order valence-corrected chi connectivity index (χ2v) is 7.18. The quantitative estimate of drug-likeness (QED) is 0.348. The van der Waals surface area contributed by atoms with Crippen LogP contribution < -0.4 is 5.32 Å². The Morgan fingerprint density at radius 1 is 0.690 bits per heavy atom. The van der Waals surface area contributed by atoms with Crippen LogP contribution in [-0.4, -0.2) is 16.2 Å². The molecule has 0 fully saturated rings. The number of hydrogen-bond acceptors (Lipinski definition) is 4. The molecule has 29 heavy (non-hydrogen) atoms. The first-order valence-electron chi connectivity index (χ1n) is 8.90. The fourth-order valence-corrected chi connectivity index (χ4v) is 3.17. The highest BCUT2D eigenvalue weighted by atomic mass is 35.5. The molecule has 4 rings (SSSR count). The Morgan fingerprint density at radius 2 is 1.21 bits per heavy atom. The third-order valence-electron chi connectivity index (χ3n) is 4.33. The van der Waals surface area contributed by atoms with Crippen molar-refractivity contribution in [1.82, 2.24) is 9.97 Å². The normalized spacial score (nSPS) is 10.6. The highest BCUT2D eigenvalue weighted by Crippen LogP contribution is 2.33. The summed E-state index contributed by atoms with van der Waals surface area (Å²) in [6, 6.07) is 24.5. The number of para-hydroxylation sites is 1. The summed E-state index contributed by atoms with van der Waals surface area (Å²) in [6.07, 6.45) is 1.20. The smallest absolute Gasteiger partial charge is 0.158 e. The molecule has 0 amide bonds. The van der Waals surface area contributed by atoms with E-state index in [1.165, 1.54) is 6.21 Å².